The van der Waals surface area contributed by atoms with Crippen LogP contribution in [0, 0.1) is 0 Å². The van der Waals surface area contributed by atoms with E-state index in [-0.39, 0.29) is 5.78 Å². The van der Waals surface area contributed by atoms with Crippen molar-refractivity contribution in [1.29, 1.82) is 0 Å². The molecule has 0 radical (unpaired) electrons. The van der Waals surface area contributed by atoms with Crippen LogP contribution in [0.5, 0.6) is 0 Å². The molecule has 3 N–H and O–H groups in total. The van der Waals surface area contributed by atoms with E-state index in [1.54, 1.807) is 55.5 Å². The fourth-order valence-electron chi connectivity index (χ4n) is 2.12. The lowest BCUT2D eigenvalue weighted by molar-refractivity contribution is 0.0278. The predicted octanol–water partition coefficient (Wildman–Crippen LogP) is 2.75. The van der Waals surface area contributed by atoms with Gasteiger partial charge in [-0.05, 0) is 24.1 Å². The summed E-state index contributed by atoms with van der Waals surface area (Å²) in [6.07, 6.45) is 0.296. The van der Waals surface area contributed by atoms with Crippen LogP contribution in [-0.2, 0) is 5.60 Å². The van der Waals surface area contributed by atoms with Crippen LogP contribution in [0.3, 0.4) is 0 Å². The number of aliphatic hydroxyl groups is 1. The van der Waals surface area contributed by atoms with Crippen molar-refractivity contribution < 1.29 is 9.90 Å². The smallest absolute Gasteiger partial charge is 0.198 e. The van der Waals surface area contributed by atoms with Crippen LogP contribution >= 0.6 is 0 Å². The molecule has 0 amide bonds. The Balaban J connectivity index is 2.46. The van der Waals surface area contributed by atoms with Gasteiger partial charge < -0.3 is 10.8 Å². The second-order valence-electron chi connectivity index (χ2n) is 4.53. The normalized spacial score (nSPS) is 13.8. The third-order valence-corrected chi connectivity index (χ3v) is 3.29. The SMILES string of the molecule is CCC(O)(C(=O)c1ccccc1)c1cccc(N)c1. The van der Waals surface area contributed by atoms with Crippen LogP contribution in [0.1, 0.15) is 29.3 Å². The summed E-state index contributed by atoms with van der Waals surface area (Å²) in [6.45, 7) is 1.78. The minimum absolute atomic E-state index is 0.296. The van der Waals surface area contributed by atoms with E-state index in [4.69, 9.17) is 5.73 Å². The molecule has 0 spiro atoms. The lowest BCUT2D eigenvalue weighted by Gasteiger charge is -2.26. The third kappa shape index (κ3) is 2.51. The van der Waals surface area contributed by atoms with Crippen molar-refractivity contribution in [2.75, 3.05) is 5.73 Å². The molecule has 0 saturated heterocycles. The molecule has 2 rings (SSSR count). The molecule has 0 aliphatic rings. The van der Waals surface area contributed by atoms with Gasteiger partial charge in [-0.25, -0.2) is 0 Å². The molecule has 98 valence electrons. The summed E-state index contributed by atoms with van der Waals surface area (Å²) < 4.78 is 0. The lowest BCUT2D eigenvalue weighted by Crippen LogP contribution is -2.35. The van der Waals surface area contributed by atoms with Gasteiger partial charge in [-0.2, -0.15) is 0 Å². The zero-order valence-corrected chi connectivity index (χ0v) is 10.8. The Morgan fingerprint density at radius 1 is 1.16 bits per heavy atom. The third-order valence-electron chi connectivity index (χ3n) is 3.29. The van der Waals surface area contributed by atoms with E-state index in [0.717, 1.165) is 0 Å². The second kappa shape index (κ2) is 5.24. The van der Waals surface area contributed by atoms with Gasteiger partial charge in [0.05, 0.1) is 0 Å². The Labute approximate surface area is 112 Å². The number of carbonyl (C=O) groups excluding carboxylic acids is 1. The molecule has 0 aromatic heterocycles. The van der Waals surface area contributed by atoms with Gasteiger partial charge >= 0.3 is 0 Å². The molecule has 0 aliphatic heterocycles. The van der Waals surface area contributed by atoms with Crippen LogP contribution in [-0.4, -0.2) is 10.9 Å². The molecule has 0 heterocycles. The number of carbonyl (C=O) groups is 1. The highest BCUT2D eigenvalue weighted by atomic mass is 16.3. The Bertz CT molecular complexity index is 580. The molecule has 19 heavy (non-hydrogen) atoms. The molecule has 0 bridgehead atoms. The zero-order valence-electron chi connectivity index (χ0n) is 10.8. The molecule has 1 unspecified atom stereocenters. The Kier molecular flexibility index (Phi) is 3.67. The van der Waals surface area contributed by atoms with Gasteiger partial charge in [-0.3, -0.25) is 4.79 Å². The van der Waals surface area contributed by atoms with E-state index in [2.05, 4.69) is 0 Å². The largest absolute Gasteiger partial charge is 0.399 e. The van der Waals surface area contributed by atoms with E-state index < -0.39 is 5.60 Å². The molecular formula is C16H17NO2. The molecule has 1 atom stereocenters. The summed E-state index contributed by atoms with van der Waals surface area (Å²) in [4.78, 5) is 12.5. The van der Waals surface area contributed by atoms with Crippen molar-refractivity contribution in [3.8, 4) is 0 Å². The van der Waals surface area contributed by atoms with Gasteiger partial charge in [0.25, 0.3) is 0 Å². The van der Waals surface area contributed by atoms with Crippen molar-refractivity contribution in [2.24, 2.45) is 0 Å². The fraction of sp³-hybridized carbons (Fsp3) is 0.188. The highest BCUT2D eigenvalue weighted by molar-refractivity contribution is 6.02. The minimum atomic E-state index is -1.53. The molecule has 3 nitrogen and oxygen atoms in total. The molecular weight excluding hydrogens is 238 g/mol. The molecule has 2 aromatic carbocycles. The Hall–Kier alpha value is -2.13. The zero-order chi connectivity index (χ0) is 13.9. The first kappa shape index (κ1) is 13.3. The monoisotopic (exact) mass is 255 g/mol. The lowest BCUT2D eigenvalue weighted by atomic mass is 9.83. The summed E-state index contributed by atoms with van der Waals surface area (Å²) in [6, 6.07) is 15.6. The maximum atomic E-state index is 12.5. The van der Waals surface area contributed by atoms with Gasteiger partial charge in [0.15, 0.2) is 11.4 Å². The highest BCUT2D eigenvalue weighted by Gasteiger charge is 2.36. The average Bonchev–Trinajstić information content (AvgIpc) is 2.46. The average molecular weight is 255 g/mol. The van der Waals surface area contributed by atoms with E-state index >= 15 is 0 Å². The number of benzene rings is 2. The number of nitrogens with two attached hydrogens (primary N) is 1. The summed E-state index contributed by atoms with van der Waals surface area (Å²) in [5.74, 6) is -0.304. The summed E-state index contributed by atoms with van der Waals surface area (Å²) in [5.41, 5.74) is 5.75. The van der Waals surface area contributed by atoms with Crippen LogP contribution in [0.4, 0.5) is 5.69 Å². The van der Waals surface area contributed by atoms with Gasteiger partial charge in [0.1, 0.15) is 0 Å². The first-order chi connectivity index (χ1) is 9.08. The topological polar surface area (TPSA) is 63.3 Å². The molecule has 2 aromatic rings. The van der Waals surface area contributed by atoms with Crippen molar-refractivity contribution in [1.82, 2.24) is 0 Å². The van der Waals surface area contributed by atoms with E-state index in [9.17, 15) is 9.90 Å². The predicted molar refractivity (Wildman–Crippen MR) is 75.8 cm³/mol. The van der Waals surface area contributed by atoms with Crippen molar-refractivity contribution in [2.45, 2.75) is 18.9 Å². The summed E-state index contributed by atoms with van der Waals surface area (Å²) in [5, 5.41) is 10.7. The first-order valence-electron chi connectivity index (χ1n) is 6.26. The van der Waals surface area contributed by atoms with Crippen LogP contribution in [0.25, 0.3) is 0 Å². The quantitative estimate of drug-likeness (QED) is 0.652. The van der Waals surface area contributed by atoms with E-state index in [1.807, 2.05) is 6.07 Å². The van der Waals surface area contributed by atoms with Crippen molar-refractivity contribution in [3.63, 3.8) is 0 Å². The Morgan fingerprint density at radius 3 is 2.42 bits per heavy atom. The fourth-order valence-corrected chi connectivity index (χ4v) is 2.12. The minimum Gasteiger partial charge on any atom is -0.399 e. The second-order valence-corrected chi connectivity index (χ2v) is 4.53. The van der Waals surface area contributed by atoms with Crippen LogP contribution in [0.2, 0.25) is 0 Å². The maximum absolute atomic E-state index is 12.5. The van der Waals surface area contributed by atoms with Gasteiger partial charge in [-0.1, -0.05) is 49.4 Å². The number of nitrogen functional groups attached to an aromatic ring is 1. The number of rotatable bonds is 4. The number of anilines is 1. The van der Waals surface area contributed by atoms with Gasteiger partial charge in [0, 0.05) is 11.3 Å². The van der Waals surface area contributed by atoms with Gasteiger partial charge in [0.2, 0.25) is 0 Å². The van der Waals surface area contributed by atoms with Crippen molar-refractivity contribution in [3.05, 3.63) is 65.7 Å². The number of hydrogen-bond donors (Lipinski definition) is 2. The number of hydrogen-bond acceptors (Lipinski definition) is 3. The molecule has 3 heteroatoms. The van der Waals surface area contributed by atoms with Gasteiger partial charge in [-0.15, -0.1) is 0 Å². The van der Waals surface area contributed by atoms with Crippen LogP contribution < -0.4 is 5.73 Å². The highest BCUT2D eigenvalue weighted by Crippen LogP contribution is 2.30. The molecule has 0 fully saturated rings. The first-order valence-corrected chi connectivity index (χ1v) is 6.26. The van der Waals surface area contributed by atoms with E-state index in [0.29, 0.717) is 23.2 Å². The van der Waals surface area contributed by atoms with E-state index in [1.165, 1.54) is 0 Å². The number of ketones is 1. The number of Topliss-reactive ketones (excluding diaryl/α,β-unsaturated/α-hetero) is 1. The molecule has 0 aliphatic carbocycles. The van der Waals surface area contributed by atoms with Crippen molar-refractivity contribution >= 4 is 11.5 Å². The maximum Gasteiger partial charge on any atom is 0.198 e. The Morgan fingerprint density at radius 2 is 1.84 bits per heavy atom. The summed E-state index contributed by atoms with van der Waals surface area (Å²) in [7, 11) is 0. The van der Waals surface area contributed by atoms with Crippen LogP contribution in [0.15, 0.2) is 54.6 Å². The standard InChI is InChI=1S/C16H17NO2/c1-2-16(19,13-9-6-10-14(17)11-13)15(18)12-7-4-3-5-8-12/h3-11,19H,2,17H2,1H3. The summed E-state index contributed by atoms with van der Waals surface area (Å²) >= 11 is 0. The molecule has 0 saturated carbocycles.